The predicted molar refractivity (Wildman–Crippen MR) is 108 cm³/mol. The van der Waals surface area contributed by atoms with E-state index in [-0.39, 0.29) is 5.78 Å². The van der Waals surface area contributed by atoms with E-state index in [2.05, 4.69) is 58.9 Å². The molecule has 0 saturated carbocycles. The van der Waals surface area contributed by atoms with Crippen LogP contribution in [0.15, 0.2) is 46.6 Å². The topological polar surface area (TPSA) is 17.1 Å². The fourth-order valence-electron chi connectivity index (χ4n) is 2.51. The first-order valence-electron chi connectivity index (χ1n) is 9.41. The van der Waals surface area contributed by atoms with E-state index in [1.165, 1.54) is 28.7 Å². The van der Waals surface area contributed by atoms with Gasteiger partial charge in [0.1, 0.15) is 5.78 Å². The van der Waals surface area contributed by atoms with E-state index in [9.17, 15) is 4.79 Å². The van der Waals surface area contributed by atoms with Gasteiger partial charge in [-0.1, -0.05) is 46.6 Å². The molecule has 0 aliphatic rings. The number of Topliss-reactive ketones (excluding diaryl/α,β-unsaturated/α-hetero) is 1. The second-order valence-electron chi connectivity index (χ2n) is 7.29. The van der Waals surface area contributed by atoms with Crippen LogP contribution >= 0.6 is 0 Å². The first-order chi connectivity index (χ1) is 11.3. The van der Waals surface area contributed by atoms with E-state index in [0.29, 0.717) is 6.42 Å². The fraction of sp³-hybridized carbons (Fsp3) is 0.609. The Labute approximate surface area is 150 Å². The van der Waals surface area contributed by atoms with Crippen LogP contribution in [-0.2, 0) is 4.79 Å². The molecule has 0 aliphatic heterocycles. The SMILES string of the molecule is CC(=O)CC/C=C(\C)CC/C=C(\C)CC/C=C(\C)CCC=C(C)C. The second kappa shape index (κ2) is 14.0. The van der Waals surface area contributed by atoms with Crippen LogP contribution in [-0.4, -0.2) is 5.78 Å². The van der Waals surface area contributed by atoms with Crippen LogP contribution in [0.2, 0.25) is 0 Å². The molecule has 0 amide bonds. The third-order valence-corrected chi connectivity index (χ3v) is 4.14. The molecule has 1 nitrogen and oxygen atoms in total. The smallest absolute Gasteiger partial charge is 0.130 e. The summed E-state index contributed by atoms with van der Waals surface area (Å²) in [6, 6.07) is 0. The van der Waals surface area contributed by atoms with E-state index >= 15 is 0 Å². The van der Waals surface area contributed by atoms with Crippen molar-refractivity contribution in [3.63, 3.8) is 0 Å². The van der Waals surface area contributed by atoms with Gasteiger partial charge in [0.15, 0.2) is 0 Å². The van der Waals surface area contributed by atoms with Crippen molar-refractivity contribution in [2.45, 2.75) is 92.9 Å². The molecule has 0 rings (SSSR count). The second-order valence-corrected chi connectivity index (χ2v) is 7.29. The first-order valence-corrected chi connectivity index (χ1v) is 9.41. The number of ketones is 1. The summed E-state index contributed by atoms with van der Waals surface area (Å²) in [5.74, 6) is 0.277. The highest BCUT2D eigenvalue weighted by molar-refractivity contribution is 5.75. The maximum Gasteiger partial charge on any atom is 0.130 e. The van der Waals surface area contributed by atoms with Crippen molar-refractivity contribution < 1.29 is 4.79 Å². The van der Waals surface area contributed by atoms with E-state index < -0.39 is 0 Å². The molecular formula is C23H38O. The maximum atomic E-state index is 10.9. The minimum absolute atomic E-state index is 0.277. The molecule has 0 saturated heterocycles. The van der Waals surface area contributed by atoms with Gasteiger partial charge >= 0.3 is 0 Å². The van der Waals surface area contributed by atoms with Crippen LogP contribution in [0.3, 0.4) is 0 Å². The summed E-state index contributed by atoms with van der Waals surface area (Å²) >= 11 is 0. The number of allylic oxidation sites excluding steroid dienone is 8. The first kappa shape index (κ1) is 22.6. The molecular weight excluding hydrogens is 292 g/mol. The van der Waals surface area contributed by atoms with Crippen molar-refractivity contribution in [1.82, 2.24) is 0 Å². The highest BCUT2D eigenvalue weighted by atomic mass is 16.1. The van der Waals surface area contributed by atoms with Gasteiger partial charge in [-0.3, -0.25) is 0 Å². The van der Waals surface area contributed by atoms with Crippen LogP contribution in [0.5, 0.6) is 0 Å². The van der Waals surface area contributed by atoms with E-state index in [1.54, 1.807) is 6.92 Å². The summed E-state index contributed by atoms with van der Waals surface area (Å²) in [6.07, 6.45) is 17.7. The van der Waals surface area contributed by atoms with Gasteiger partial charge in [0, 0.05) is 6.42 Å². The van der Waals surface area contributed by atoms with Crippen molar-refractivity contribution in [2.24, 2.45) is 0 Å². The average molecular weight is 331 g/mol. The number of carbonyl (C=O) groups excluding carboxylic acids is 1. The van der Waals surface area contributed by atoms with Gasteiger partial charge in [0.2, 0.25) is 0 Å². The van der Waals surface area contributed by atoms with Crippen LogP contribution in [0.25, 0.3) is 0 Å². The quantitative estimate of drug-likeness (QED) is 0.338. The molecule has 0 heterocycles. The van der Waals surface area contributed by atoms with Crippen molar-refractivity contribution in [3.05, 3.63) is 46.6 Å². The van der Waals surface area contributed by atoms with Crippen molar-refractivity contribution in [3.8, 4) is 0 Å². The number of carbonyl (C=O) groups is 1. The Kier molecular flexibility index (Phi) is 13.2. The lowest BCUT2D eigenvalue weighted by atomic mass is 10.0. The zero-order chi connectivity index (χ0) is 18.4. The van der Waals surface area contributed by atoms with Gasteiger partial charge in [-0.25, -0.2) is 0 Å². The lowest BCUT2D eigenvalue weighted by Gasteiger charge is -2.02. The molecule has 1 heteroatoms. The molecule has 136 valence electrons. The standard InChI is InChI=1S/C23H38O/c1-19(2)11-7-12-20(3)13-8-14-21(4)15-9-16-22(5)17-10-18-23(6)24/h11,13,15,17H,7-10,12,14,16,18H2,1-6H3/b20-13+,21-15+,22-17+. The van der Waals surface area contributed by atoms with Gasteiger partial charge in [0.05, 0.1) is 0 Å². The van der Waals surface area contributed by atoms with Crippen LogP contribution in [0.4, 0.5) is 0 Å². The fourth-order valence-corrected chi connectivity index (χ4v) is 2.51. The molecule has 0 spiro atoms. The van der Waals surface area contributed by atoms with E-state index in [0.717, 1.165) is 38.5 Å². The van der Waals surface area contributed by atoms with Crippen molar-refractivity contribution in [2.75, 3.05) is 0 Å². The predicted octanol–water partition coefficient (Wildman–Crippen LogP) is 7.50. The molecule has 24 heavy (non-hydrogen) atoms. The summed E-state index contributed by atoms with van der Waals surface area (Å²) in [6.45, 7) is 12.6. The molecule has 0 aromatic rings. The molecule has 0 fully saturated rings. The molecule has 0 aromatic heterocycles. The molecule has 0 radical (unpaired) electrons. The van der Waals surface area contributed by atoms with Crippen LogP contribution in [0.1, 0.15) is 92.9 Å². The Balaban J connectivity index is 3.98. The molecule has 0 aliphatic carbocycles. The van der Waals surface area contributed by atoms with Crippen molar-refractivity contribution >= 4 is 5.78 Å². The molecule has 0 bridgehead atoms. The third kappa shape index (κ3) is 15.5. The zero-order valence-corrected chi connectivity index (χ0v) is 16.9. The molecule has 0 N–H and O–H groups in total. The van der Waals surface area contributed by atoms with Gasteiger partial charge in [0.25, 0.3) is 0 Å². The van der Waals surface area contributed by atoms with Gasteiger partial charge in [-0.15, -0.1) is 0 Å². The summed E-state index contributed by atoms with van der Waals surface area (Å²) < 4.78 is 0. The maximum absolute atomic E-state index is 10.9. The lowest BCUT2D eigenvalue weighted by Crippen LogP contribution is -1.87. The largest absolute Gasteiger partial charge is 0.300 e. The number of hydrogen-bond donors (Lipinski definition) is 0. The monoisotopic (exact) mass is 330 g/mol. The zero-order valence-electron chi connectivity index (χ0n) is 16.9. The van der Waals surface area contributed by atoms with E-state index in [4.69, 9.17) is 0 Å². The van der Waals surface area contributed by atoms with Crippen LogP contribution < -0.4 is 0 Å². The minimum Gasteiger partial charge on any atom is -0.300 e. The highest BCUT2D eigenvalue weighted by Gasteiger charge is 1.94. The van der Waals surface area contributed by atoms with E-state index in [1.807, 2.05) is 0 Å². The Hall–Kier alpha value is -1.37. The minimum atomic E-state index is 0.277. The summed E-state index contributed by atoms with van der Waals surface area (Å²) in [5.41, 5.74) is 5.80. The normalized spacial score (nSPS) is 13.2. The average Bonchev–Trinajstić information content (AvgIpc) is 2.46. The Morgan fingerprint density at radius 3 is 1.21 bits per heavy atom. The van der Waals surface area contributed by atoms with Gasteiger partial charge in [-0.2, -0.15) is 0 Å². The Bertz CT molecular complexity index is 482. The Morgan fingerprint density at radius 2 is 0.875 bits per heavy atom. The number of rotatable bonds is 12. The molecule has 0 unspecified atom stereocenters. The summed E-state index contributed by atoms with van der Waals surface area (Å²) in [4.78, 5) is 10.9. The highest BCUT2D eigenvalue weighted by Crippen LogP contribution is 2.14. The molecule has 0 atom stereocenters. The third-order valence-electron chi connectivity index (χ3n) is 4.14. The van der Waals surface area contributed by atoms with Crippen LogP contribution in [0, 0.1) is 0 Å². The molecule has 0 aromatic carbocycles. The summed E-state index contributed by atoms with van der Waals surface area (Å²) in [7, 11) is 0. The van der Waals surface area contributed by atoms with Gasteiger partial charge in [-0.05, 0) is 86.5 Å². The Morgan fingerprint density at radius 1 is 0.542 bits per heavy atom. The van der Waals surface area contributed by atoms with Gasteiger partial charge < -0.3 is 4.79 Å². The lowest BCUT2D eigenvalue weighted by molar-refractivity contribution is -0.116. The van der Waals surface area contributed by atoms with Crippen molar-refractivity contribution in [1.29, 1.82) is 0 Å². The summed E-state index contributed by atoms with van der Waals surface area (Å²) in [5, 5.41) is 0. The number of hydrogen-bond acceptors (Lipinski definition) is 1.